The van der Waals surface area contributed by atoms with Crippen LogP contribution in [0.1, 0.15) is 29.4 Å². The molecular weight excluding hydrogens is 208 g/mol. The second kappa shape index (κ2) is 4.64. The van der Waals surface area contributed by atoms with Crippen molar-refractivity contribution < 1.29 is 9.52 Å². The zero-order valence-electron chi connectivity index (χ0n) is 8.64. The highest BCUT2D eigenvalue weighted by atomic mass is 32.1. The summed E-state index contributed by atoms with van der Waals surface area (Å²) in [5.74, 6) is 0.813. The molecule has 80 valence electrons. The van der Waals surface area contributed by atoms with E-state index >= 15 is 0 Å². The number of rotatable bonds is 4. The zero-order valence-corrected chi connectivity index (χ0v) is 9.46. The molecule has 0 aliphatic rings. The Balaban J connectivity index is 1.93. The molecule has 0 bridgehead atoms. The van der Waals surface area contributed by atoms with Crippen molar-refractivity contribution in [3.8, 4) is 0 Å². The van der Waals surface area contributed by atoms with Crippen molar-refractivity contribution >= 4 is 11.3 Å². The number of hydrogen-bond acceptors (Lipinski definition) is 3. The summed E-state index contributed by atoms with van der Waals surface area (Å²) < 4.78 is 5.16. The first-order valence-electron chi connectivity index (χ1n) is 5.00. The van der Waals surface area contributed by atoms with E-state index < -0.39 is 6.10 Å². The van der Waals surface area contributed by atoms with Crippen molar-refractivity contribution in [2.24, 2.45) is 0 Å². The summed E-state index contributed by atoms with van der Waals surface area (Å²) in [4.78, 5) is 0. The van der Waals surface area contributed by atoms with E-state index in [-0.39, 0.29) is 0 Å². The number of aliphatic hydroxyl groups excluding tert-OH is 1. The van der Waals surface area contributed by atoms with Crippen LogP contribution in [0.2, 0.25) is 0 Å². The van der Waals surface area contributed by atoms with E-state index in [0.29, 0.717) is 0 Å². The first-order chi connectivity index (χ1) is 7.27. The molecule has 0 spiro atoms. The van der Waals surface area contributed by atoms with Crippen LogP contribution >= 0.6 is 11.3 Å². The van der Waals surface area contributed by atoms with Crippen LogP contribution in [0.15, 0.2) is 33.6 Å². The predicted molar refractivity (Wildman–Crippen MR) is 61.0 cm³/mol. The molecule has 1 N–H and O–H groups in total. The van der Waals surface area contributed by atoms with Crippen molar-refractivity contribution in [3.05, 3.63) is 46.0 Å². The van der Waals surface area contributed by atoms with Crippen LogP contribution in [0.3, 0.4) is 0 Å². The number of aliphatic hydroxyl groups is 1. The van der Waals surface area contributed by atoms with Gasteiger partial charge in [0.2, 0.25) is 0 Å². The second-order valence-electron chi connectivity index (χ2n) is 3.62. The molecule has 2 heterocycles. The van der Waals surface area contributed by atoms with Crippen molar-refractivity contribution in [1.29, 1.82) is 0 Å². The van der Waals surface area contributed by atoms with E-state index in [0.717, 1.165) is 24.2 Å². The lowest BCUT2D eigenvalue weighted by Crippen LogP contribution is -1.99. The Morgan fingerprint density at radius 3 is 2.93 bits per heavy atom. The molecule has 0 aromatic carbocycles. The maximum Gasteiger partial charge on any atom is 0.106 e. The number of furan rings is 1. The Kier molecular flexibility index (Phi) is 3.23. The quantitative estimate of drug-likeness (QED) is 0.861. The van der Waals surface area contributed by atoms with E-state index in [1.54, 1.807) is 17.6 Å². The topological polar surface area (TPSA) is 33.4 Å². The summed E-state index contributed by atoms with van der Waals surface area (Å²) in [7, 11) is 0. The third kappa shape index (κ3) is 2.49. The smallest absolute Gasteiger partial charge is 0.106 e. The third-order valence-electron chi connectivity index (χ3n) is 2.54. The van der Waals surface area contributed by atoms with Gasteiger partial charge in [-0.3, -0.25) is 0 Å². The third-order valence-corrected chi connectivity index (χ3v) is 3.28. The fourth-order valence-electron chi connectivity index (χ4n) is 1.63. The number of aryl methyl sites for hydroxylation is 2. The van der Waals surface area contributed by atoms with Crippen LogP contribution in [0.5, 0.6) is 0 Å². The monoisotopic (exact) mass is 222 g/mol. The molecule has 3 heteroatoms. The summed E-state index contributed by atoms with van der Waals surface area (Å²) in [6.45, 7) is 1.88. The van der Waals surface area contributed by atoms with Gasteiger partial charge in [-0.15, -0.1) is 0 Å². The van der Waals surface area contributed by atoms with Gasteiger partial charge in [-0.2, -0.15) is 11.3 Å². The van der Waals surface area contributed by atoms with Gasteiger partial charge in [0.15, 0.2) is 0 Å². The highest BCUT2D eigenvalue weighted by Crippen LogP contribution is 2.23. The van der Waals surface area contributed by atoms with E-state index in [1.165, 1.54) is 5.56 Å². The Hall–Kier alpha value is -1.06. The largest absolute Gasteiger partial charge is 0.469 e. The Labute approximate surface area is 93.2 Å². The Morgan fingerprint density at radius 1 is 1.47 bits per heavy atom. The number of thiophene rings is 1. The summed E-state index contributed by atoms with van der Waals surface area (Å²) in [6, 6.07) is 3.94. The summed E-state index contributed by atoms with van der Waals surface area (Å²) >= 11 is 1.69. The average Bonchev–Trinajstić information content (AvgIpc) is 2.84. The molecule has 0 aliphatic heterocycles. The van der Waals surface area contributed by atoms with Gasteiger partial charge < -0.3 is 9.52 Å². The summed E-state index contributed by atoms with van der Waals surface area (Å²) in [5.41, 5.74) is 2.20. The van der Waals surface area contributed by atoms with E-state index in [9.17, 15) is 5.11 Å². The molecule has 0 saturated carbocycles. The van der Waals surface area contributed by atoms with Crippen molar-refractivity contribution in [3.63, 3.8) is 0 Å². The zero-order chi connectivity index (χ0) is 10.7. The van der Waals surface area contributed by atoms with Crippen LogP contribution < -0.4 is 0 Å². The van der Waals surface area contributed by atoms with Gasteiger partial charge in [-0.25, -0.2) is 0 Å². The molecule has 1 atom stereocenters. The molecule has 0 saturated heterocycles. The molecule has 15 heavy (non-hydrogen) atoms. The van der Waals surface area contributed by atoms with Crippen LogP contribution in [-0.4, -0.2) is 5.11 Å². The Morgan fingerprint density at radius 2 is 2.33 bits per heavy atom. The van der Waals surface area contributed by atoms with Crippen LogP contribution in [0, 0.1) is 6.92 Å². The van der Waals surface area contributed by atoms with Crippen LogP contribution in [0.25, 0.3) is 0 Å². The van der Waals surface area contributed by atoms with Crippen LogP contribution in [0.4, 0.5) is 0 Å². The summed E-state index contributed by atoms with van der Waals surface area (Å²) in [5, 5.41) is 14.1. The fourth-order valence-corrected chi connectivity index (χ4v) is 2.34. The lowest BCUT2D eigenvalue weighted by atomic mass is 10.0. The standard InChI is InChI=1S/C12H14O2S/c1-9-11(4-6-14-9)12(13)3-2-10-5-7-15-8-10/h4-8,12-13H,2-3H2,1H3. The molecule has 2 aromatic rings. The molecule has 1 unspecified atom stereocenters. The van der Waals surface area contributed by atoms with Crippen molar-refractivity contribution in [2.45, 2.75) is 25.9 Å². The maximum atomic E-state index is 9.93. The Bertz CT molecular complexity index is 403. The maximum absolute atomic E-state index is 9.93. The highest BCUT2D eigenvalue weighted by molar-refractivity contribution is 7.07. The summed E-state index contributed by atoms with van der Waals surface area (Å²) in [6.07, 6.45) is 2.87. The lowest BCUT2D eigenvalue weighted by Gasteiger charge is -2.08. The molecule has 2 nitrogen and oxygen atoms in total. The normalized spacial score (nSPS) is 12.9. The molecule has 0 amide bonds. The van der Waals surface area contributed by atoms with Gasteiger partial charge in [0.1, 0.15) is 5.76 Å². The first kappa shape index (κ1) is 10.5. The second-order valence-corrected chi connectivity index (χ2v) is 4.40. The minimum atomic E-state index is -0.413. The number of hydrogen-bond donors (Lipinski definition) is 1. The molecule has 2 aromatic heterocycles. The molecule has 0 radical (unpaired) electrons. The van der Waals surface area contributed by atoms with E-state index in [2.05, 4.69) is 16.8 Å². The molecule has 0 aliphatic carbocycles. The van der Waals surface area contributed by atoms with Gasteiger partial charge in [-0.1, -0.05) is 0 Å². The van der Waals surface area contributed by atoms with Crippen molar-refractivity contribution in [1.82, 2.24) is 0 Å². The van der Waals surface area contributed by atoms with E-state index in [4.69, 9.17) is 4.42 Å². The van der Waals surface area contributed by atoms with Gasteiger partial charge in [0.05, 0.1) is 12.4 Å². The van der Waals surface area contributed by atoms with Gasteiger partial charge in [0, 0.05) is 5.56 Å². The van der Waals surface area contributed by atoms with Crippen LogP contribution in [-0.2, 0) is 6.42 Å². The average molecular weight is 222 g/mol. The van der Waals surface area contributed by atoms with Gasteiger partial charge in [-0.05, 0) is 48.2 Å². The molecule has 0 fully saturated rings. The fraction of sp³-hybridized carbons (Fsp3) is 0.333. The van der Waals surface area contributed by atoms with Crippen molar-refractivity contribution in [2.75, 3.05) is 0 Å². The SMILES string of the molecule is Cc1occc1C(O)CCc1ccsc1. The molecule has 2 rings (SSSR count). The minimum absolute atomic E-state index is 0.413. The predicted octanol–water partition coefficient (Wildman–Crippen LogP) is 3.32. The van der Waals surface area contributed by atoms with E-state index in [1.807, 2.05) is 13.0 Å². The van der Waals surface area contributed by atoms with Gasteiger partial charge in [0.25, 0.3) is 0 Å². The highest BCUT2D eigenvalue weighted by Gasteiger charge is 2.12. The first-order valence-corrected chi connectivity index (χ1v) is 5.95. The minimum Gasteiger partial charge on any atom is -0.469 e. The lowest BCUT2D eigenvalue weighted by molar-refractivity contribution is 0.166. The molecular formula is C12H14O2S. The van der Waals surface area contributed by atoms with Gasteiger partial charge >= 0.3 is 0 Å².